The van der Waals surface area contributed by atoms with Crippen LogP contribution < -0.4 is 10.1 Å². The second-order valence-corrected chi connectivity index (χ2v) is 5.67. The number of methoxy groups -OCH3 is 1. The molecule has 0 unspecified atom stereocenters. The summed E-state index contributed by atoms with van der Waals surface area (Å²) in [5.41, 5.74) is 4.23. The largest absolute Gasteiger partial charge is 0.497 e. The van der Waals surface area contributed by atoms with Gasteiger partial charge in [-0.3, -0.25) is 4.79 Å². The van der Waals surface area contributed by atoms with E-state index in [1.54, 1.807) is 11.8 Å². The average Bonchev–Trinajstić information content (AvgIpc) is 2.91. The highest BCUT2D eigenvalue weighted by molar-refractivity contribution is 5.95. The Morgan fingerprint density at radius 3 is 2.83 bits per heavy atom. The van der Waals surface area contributed by atoms with Crippen LogP contribution in [0.4, 0.5) is 5.69 Å². The zero-order chi connectivity index (χ0) is 16.5. The molecule has 4 rings (SSSR count). The molecule has 120 valence electrons. The molecular weight excluding hydrogens is 304 g/mol. The van der Waals surface area contributed by atoms with Gasteiger partial charge in [0.15, 0.2) is 0 Å². The lowest BCUT2D eigenvalue weighted by Gasteiger charge is -2.09. The topological polar surface area (TPSA) is 69.0 Å². The van der Waals surface area contributed by atoms with E-state index < -0.39 is 0 Å². The van der Waals surface area contributed by atoms with Crippen molar-refractivity contribution in [1.29, 1.82) is 0 Å². The molecule has 1 aromatic heterocycles. The molecule has 0 atom stereocenters. The highest BCUT2D eigenvalue weighted by Gasteiger charge is 2.24. The standard InChI is InChI=1S/C18H16N4O2/c1-24-13-7-8-14-16(10-13)22-17(11-18(23)19-14)15(20-21-22)9-12-5-3-2-4-6-12/h2-8,10H,9,11H2,1H3,(H,19,23). The Morgan fingerprint density at radius 2 is 2.04 bits per heavy atom. The van der Waals surface area contributed by atoms with Crippen LogP contribution in [0.25, 0.3) is 5.69 Å². The number of nitrogens with zero attached hydrogens (tertiary/aromatic N) is 3. The number of hydrogen-bond acceptors (Lipinski definition) is 4. The minimum Gasteiger partial charge on any atom is -0.497 e. The lowest BCUT2D eigenvalue weighted by Crippen LogP contribution is -2.13. The third-order valence-electron chi connectivity index (χ3n) is 4.09. The van der Waals surface area contributed by atoms with Gasteiger partial charge < -0.3 is 10.1 Å². The van der Waals surface area contributed by atoms with Gasteiger partial charge in [-0.2, -0.15) is 0 Å². The van der Waals surface area contributed by atoms with Crippen LogP contribution in [-0.2, 0) is 17.6 Å². The molecule has 0 aliphatic carbocycles. The van der Waals surface area contributed by atoms with E-state index in [1.165, 1.54) is 0 Å². The summed E-state index contributed by atoms with van der Waals surface area (Å²) >= 11 is 0. The fraction of sp³-hybridized carbons (Fsp3) is 0.167. The van der Waals surface area contributed by atoms with Crippen LogP contribution in [0.5, 0.6) is 5.75 Å². The van der Waals surface area contributed by atoms with Gasteiger partial charge in [0.05, 0.1) is 36.3 Å². The summed E-state index contributed by atoms with van der Waals surface area (Å²) in [6.07, 6.45) is 0.884. The third-order valence-corrected chi connectivity index (χ3v) is 4.09. The van der Waals surface area contributed by atoms with E-state index >= 15 is 0 Å². The zero-order valence-corrected chi connectivity index (χ0v) is 13.2. The van der Waals surface area contributed by atoms with E-state index in [1.807, 2.05) is 48.5 Å². The first-order valence-electron chi connectivity index (χ1n) is 7.70. The number of amides is 1. The summed E-state index contributed by atoms with van der Waals surface area (Å²) in [6, 6.07) is 15.5. The Labute approximate surface area is 139 Å². The Morgan fingerprint density at radius 1 is 1.21 bits per heavy atom. The minimum absolute atomic E-state index is 0.0724. The van der Waals surface area contributed by atoms with Gasteiger partial charge in [-0.05, 0) is 17.7 Å². The quantitative estimate of drug-likeness (QED) is 0.804. The number of carbonyl (C=O) groups excluding carboxylic acids is 1. The third kappa shape index (κ3) is 2.52. The normalized spacial score (nSPS) is 12.8. The van der Waals surface area contributed by atoms with Gasteiger partial charge in [-0.1, -0.05) is 35.5 Å². The summed E-state index contributed by atoms with van der Waals surface area (Å²) in [6.45, 7) is 0. The predicted octanol–water partition coefficient (Wildman–Crippen LogP) is 2.36. The molecule has 0 radical (unpaired) electrons. The first-order valence-corrected chi connectivity index (χ1v) is 7.70. The van der Waals surface area contributed by atoms with E-state index in [0.717, 1.165) is 22.6 Å². The Bertz CT molecular complexity index is 903. The molecule has 24 heavy (non-hydrogen) atoms. The number of hydrogen-bond donors (Lipinski definition) is 1. The smallest absolute Gasteiger partial charge is 0.230 e. The minimum atomic E-state index is -0.0724. The first-order chi connectivity index (χ1) is 11.7. The van der Waals surface area contributed by atoms with Crippen LogP contribution in [0.15, 0.2) is 48.5 Å². The van der Waals surface area contributed by atoms with Gasteiger partial charge in [0, 0.05) is 12.5 Å². The number of anilines is 1. The fourth-order valence-electron chi connectivity index (χ4n) is 2.90. The SMILES string of the molecule is COc1ccc2c(c1)-n1nnc(Cc3ccccc3)c1CC(=O)N2. The van der Waals surface area contributed by atoms with Crippen LogP contribution in [0, 0.1) is 0 Å². The van der Waals surface area contributed by atoms with E-state index in [9.17, 15) is 4.79 Å². The van der Waals surface area contributed by atoms with Gasteiger partial charge in [-0.15, -0.1) is 5.10 Å². The number of nitrogens with one attached hydrogen (secondary N) is 1. The number of benzene rings is 2. The molecule has 0 saturated carbocycles. The maximum absolute atomic E-state index is 12.3. The van der Waals surface area contributed by atoms with Crippen molar-refractivity contribution in [2.45, 2.75) is 12.8 Å². The molecular formula is C18H16N4O2. The molecule has 1 N–H and O–H groups in total. The molecule has 3 aromatic rings. The van der Waals surface area contributed by atoms with Crippen LogP contribution in [0.3, 0.4) is 0 Å². The summed E-state index contributed by atoms with van der Waals surface area (Å²) in [5, 5.41) is 11.5. The highest BCUT2D eigenvalue weighted by Crippen LogP contribution is 2.29. The molecule has 0 spiro atoms. The van der Waals surface area contributed by atoms with Crippen molar-refractivity contribution in [3.63, 3.8) is 0 Å². The lowest BCUT2D eigenvalue weighted by atomic mass is 10.1. The Kier molecular flexibility index (Phi) is 3.49. The van der Waals surface area contributed by atoms with E-state index in [4.69, 9.17) is 4.74 Å². The van der Waals surface area contributed by atoms with Crippen molar-refractivity contribution in [3.05, 3.63) is 65.5 Å². The van der Waals surface area contributed by atoms with Gasteiger partial charge in [0.2, 0.25) is 5.91 Å². The molecule has 6 heteroatoms. The summed E-state index contributed by atoms with van der Waals surface area (Å²) in [4.78, 5) is 12.3. The summed E-state index contributed by atoms with van der Waals surface area (Å²) in [5.74, 6) is 0.632. The monoisotopic (exact) mass is 320 g/mol. The second kappa shape index (κ2) is 5.81. The average molecular weight is 320 g/mol. The van der Waals surface area contributed by atoms with Crippen molar-refractivity contribution in [3.8, 4) is 11.4 Å². The number of fused-ring (bicyclic) bond motifs is 3. The molecule has 0 fully saturated rings. The predicted molar refractivity (Wildman–Crippen MR) is 89.5 cm³/mol. The molecule has 6 nitrogen and oxygen atoms in total. The van der Waals surface area contributed by atoms with E-state index in [-0.39, 0.29) is 12.3 Å². The highest BCUT2D eigenvalue weighted by atomic mass is 16.5. The summed E-state index contributed by atoms with van der Waals surface area (Å²) < 4.78 is 7.02. The molecule has 2 aromatic carbocycles. The van der Waals surface area contributed by atoms with E-state index in [0.29, 0.717) is 17.9 Å². The van der Waals surface area contributed by atoms with Gasteiger partial charge >= 0.3 is 0 Å². The number of ether oxygens (including phenoxy) is 1. The molecule has 1 aliphatic rings. The lowest BCUT2D eigenvalue weighted by molar-refractivity contribution is -0.115. The maximum atomic E-state index is 12.3. The maximum Gasteiger partial charge on any atom is 0.230 e. The van der Waals surface area contributed by atoms with Gasteiger partial charge in [0.1, 0.15) is 5.75 Å². The molecule has 1 amide bonds. The van der Waals surface area contributed by atoms with E-state index in [2.05, 4.69) is 15.6 Å². The molecule has 1 aliphatic heterocycles. The van der Waals surface area contributed by atoms with Crippen LogP contribution in [0.1, 0.15) is 17.0 Å². The van der Waals surface area contributed by atoms with Crippen molar-refractivity contribution < 1.29 is 9.53 Å². The van der Waals surface area contributed by atoms with Gasteiger partial charge in [0.25, 0.3) is 0 Å². The van der Waals surface area contributed by atoms with Crippen molar-refractivity contribution in [2.75, 3.05) is 12.4 Å². The van der Waals surface area contributed by atoms with Gasteiger partial charge in [-0.25, -0.2) is 4.68 Å². The van der Waals surface area contributed by atoms with Crippen LogP contribution in [-0.4, -0.2) is 28.0 Å². The number of carbonyl (C=O) groups is 1. The van der Waals surface area contributed by atoms with Crippen LogP contribution in [0.2, 0.25) is 0 Å². The van der Waals surface area contributed by atoms with Crippen molar-refractivity contribution >= 4 is 11.6 Å². The van der Waals surface area contributed by atoms with Crippen LogP contribution >= 0.6 is 0 Å². The Hall–Kier alpha value is -3.15. The fourth-order valence-corrected chi connectivity index (χ4v) is 2.90. The molecule has 0 bridgehead atoms. The zero-order valence-electron chi connectivity index (χ0n) is 13.2. The number of aromatic nitrogens is 3. The second-order valence-electron chi connectivity index (χ2n) is 5.67. The summed E-state index contributed by atoms with van der Waals surface area (Å²) in [7, 11) is 1.61. The van der Waals surface area contributed by atoms with Crippen molar-refractivity contribution in [2.24, 2.45) is 0 Å². The molecule has 2 heterocycles. The Balaban J connectivity index is 1.81. The number of rotatable bonds is 3. The molecule has 0 saturated heterocycles. The van der Waals surface area contributed by atoms with Crippen molar-refractivity contribution in [1.82, 2.24) is 15.0 Å². The first kappa shape index (κ1) is 14.4.